The van der Waals surface area contributed by atoms with Gasteiger partial charge >= 0.3 is 5.97 Å². The number of carbonyl (C=O) groups is 3. The van der Waals surface area contributed by atoms with Gasteiger partial charge in [0.1, 0.15) is 0 Å². The monoisotopic (exact) mass is 450 g/mol. The van der Waals surface area contributed by atoms with Crippen LogP contribution < -0.4 is 15.5 Å². The number of nitrogens with one attached hydrogen (secondary N) is 2. The zero-order chi connectivity index (χ0) is 24.0. The van der Waals surface area contributed by atoms with Gasteiger partial charge in [0.25, 0.3) is 5.91 Å². The Morgan fingerprint density at radius 2 is 1.82 bits per heavy atom. The molecule has 1 aliphatic rings. The second kappa shape index (κ2) is 10.8. The fraction of sp³-hybridized carbons (Fsp3) is 0.320. The number of hydrogen-bond acceptors (Lipinski definition) is 6. The third-order valence-corrected chi connectivity index (χ3v) is 5.38. The number of nitrogens with zero attached hydrogens (tertiary/aromatic N) is 2. The van der Waals surface area contributed by atoms with Gasteiger partial charge in [0.05, 0.1) is 12.7 Å². The van der Waals surface area contributed by atoms with Gasteiger partial charge in [-0.25, -0.2) is 4.79 Å². The minimum absolute atomic E-state index is 0.0143. The Morgan fingerprint density at radius 1 is 1.09 bits per heavy atom. The van der Waals surface area contributed by atoms with E-state index in [1.54, 1.807) is 30.0 Å². The van der Waals surface area contributed by atoms with Gasteiger partial charge in [0.15, 0.2) is 0 Å². The fourth-order valence-electron chi connectivity index (χ4n) is 3.69. The number of amides is 2. The van der Waals surface area contributed by atoms with Gasteiger partial charge in [0.2, 0.25) is 5.91 Å². The summed E-state index contributed by atoms with van der Waals surface area (Å²) in [7, 11) is 5.35. The van der Waals surface area contributed by atoms with Crippen molar-refractivity contribution in [2.24, 2.45) is 0 Å². The van der Waals surface area contributed by atoms with Crippen LogP contribution in [0.5, 0.6) is 0 Å². The van der Waals surface area contributed by atoms with Crippen molar-refractivity contribution in [2.75, 3.05) is 56.4 Å². The van der Waals surface area contributed by atoms with Gasteiger partial charge in [-0.3, -0.25) is 9.59 Å². The van der Waals surface area contributed by atoms with Gasteiger partial charge in [-0.1, -0.05) is 12.1 Å². The van der Waals surface area contributed by atoms with Gasteiger partial charge < -0.3 is 25.2 Å². The molecule has 174 valence electrons. The van der Waals surface area contributed by atoms with Crippen molar-refractivity contribution >= 4 is 40.4 Å². The second-order valence-electron chi connectivity index (χ2n) is 8.08. The van der Waals surface area contributed by atoms with Crippen molar-refractivity contribution in [1.82, 2.24) is 4.90 Å². The summed E-state index contributed by atoms with van der Waals surface area (Å²) in [6, 6.07) is 12.7. The van der Waals surface area contributed by atoms with Crippen molar-refractivity contribution in [3.8, 4) is 0 Å². The van der Waals surface area contributed by atoms with Crippen LogP contribution in [0.3, 0.4) is 0 Å². The predicted molar refractivity (Wildman–Crippen MR) is 131 cm³/mol. The lowest BCUT2D eigenvalue weighted by atomic mass is 10.0. The molecule has 2 N–H and O–H groups in total. The molecule has 0 aliphatic carbocycles. The van der Waals surface area contributed by atoms with Crippen LogP contribution in [-0.4, -0.2) is 63.5 Å². The van der Waals surface area contributed by atoms with Crippen LogP contribution in [0.2, 0.25) is 0 Å². The zero-order valence-corrected chi connectivity index (χ0v) is 19.5. The molecule has 0 saturated heterocycles. The third-order valence-electron chi connectivity index (χ3n) is 5.38. The molecule has 0 atom stereocenters. The molecule has 1 heterocycles. The largest absolute Gasteiger partial charge is 0.465 e. The zero-order valence-electron chi connectivity index (χ0n) is 19.5. The smallest absolute Gasteiger partial charge is 0.337 e. The van der Waals surface area contributed by atoms with E-state index in [1.165, 1.54) is 7.11 Å². The first kappa shape index (κ1) is 24.0. The van der Waals surface area contributed by atoms with Crippen molar-refractivity contribution in [3.63, 3.8) is 0 Å². The molecule has 8 nitrogen and oxygen atoms in total. The summed E-state index contributed by atoms with van der Waals surface area (Å²) in [5.41, 5.74) is 4.02. The molecule has 0 unspecified atom stereocenters. The Kier molecular flexibility index (Phi) is 7.84. The van der Waals surface area contributed by atoms with E-state index >= 15 is 0 Å². The van der Waals surface area contributed by atoms with Crippen LogP contribution in [0.4, 0.5) is 17.1 Å². The molecule has 1 aliphatic heterocycles. The summed E-state index contributed by atoms with van der Waals surface area (Å²) < 4.78 is 4.73. The quantitative estimate of drug-likeness (QED) is 0.450. The third kappa shape index (κ3) is 5.98. The fourth-order valence-corrected chi connectivity index (χ4v) is 3.69. The molecule has 0 fully saturated rings. The minimum atomic E-state index is -0.448. The highest BCUT2D eigenvalue weighted by atomic mass is 16.5. The number of carbonyl (C=O) groups excluding carboxylic acids is 3. The number of anilines is 3. The van der Waals surface area contributed by atoms with E-state index in [0.717, 1.165) is 29.9 Å². The van der Waals surface area contributed by atoms with E-state index in [9.17, 15) is 14.4 Å². The molecule has 0 saturated carbocycles. The van der Waals surface area contributed by atoms with E-state index in [2.05, 4.69) is 15.5 Å². The molecule has 2 aromatic carbocycles. The molecule has 0 bridgehead atoms. The molecule has 2 amide bonds. The van der Waals surface area contributed by atoms with Gasteiger partial charge in [0, 0.05) is 48.2 Å². The highest BCUT2D eigenvalue weighted by Crippen LogP contribution is 2.32. The summed E-state index contributed by atoms with van der Waals surface area (Å²) in [5.74, 6) is -0.643. The Bertz CT molecular complexity index is 1060. The summed E-state index contributed by atoms with van der Waals surface area (Å²) >= 11 is 0. The number of rotatable bonds is 9. The minimum Gasteiger partial charge on any atom is -0.465 e. The number of hydrogen-bond donors (Lipinski definition) is 2. The Labute approximate surface area is 194 Å². The molecule has 33 heavy (non-hydrogen) atoms. The van der Waals surface area contributed by atoms with E-state index in [1.807, 2.05) is 44.4 Å². The van der Waals surface area contributed by atoms with Crippen molar-refractivity contribution in [3.05, 3.63) is 59.7 Å². The maximum absolute atomic E-state index is 12.4. The highest BCUT2D eigenvalue weighted by Gasteiger charge is 2.25. The topological polar surface area (TPSA) is 91.0 Å². The van der Waals surface area contributed by atoms with Crippen LogP contribution in [0.25, 0.3) is 5.57 Å². The molecule has 0 aromatic heterocycles. The Hall–Kier alpha value is -3.65. The first-order valence-corrected chi connectivity index (χ1v) is 10.8. The maximum Gasteiger partial charge on any atom is 0.337 e. The van der Waals surface area contributed by atoms with Crippen molar-refractivity contribution < 1.29 is 19.1 Å². The number of methoxy groups -OCH3 is 1. The van der Waals surface area contributed by atoms with E-state index in [-0.39, 0.29) is 11.8 Å². The molecular formula is C25H30N4O4. The standard InChI is InChI=1S/C25H30N4O4/c1-17(30)29(15-5-14-28(2)3)20-9-7-19(8-10-20)26-13-12-22-21-11-6-18(25(32)33-4)16-23(21)27-24(22)31/h6-12,16,26H,5,13-15H2,1-4H3,(H,27,31)/b22-12-. The van der Waals surface area contributed by atoms with Crippen LogP contribution in [-0.2, 0) is 14.3 Å². The molecule has 2 aromatic rings. The Balaban J connectivity index is 1.63. The lowest BCUT2D eigenvalue weighted by Crippen LogP contribution is -2.31. The molecule has 0 radical (unpaired) electrons. The number of benzene rings is 2. The highest BCUT2D eigenvalue weighted by molar-refractivity contribution is 6.31. The van der Waals surface area contributed by atoms with Crippen molar-refractivity contribution in [2.45, 2.75) is 13.3 Å². The predicted octanol–water partition coefficient (Wildman–Crippen LogP) is 3.23. The lowest BCUT2D eigenvalue weighted by Gasteiger charge is -2.22. The van der Waals surface area contributed by atoms with Gasteiger partial charge in [-0.15, -0.1) is 0 Å². The van der Waals surface area contributed by atoms with E-state index < -0.39 is 5.97 Å². The SMILES string of the molecule is COC(=O)c1ccc2c(c1)NC(=O)/C2=C\CNc1ccc(N(CCCN(C)C)C(C)=O)cc1. The maximum atomic E-state index is 12.4. The van der Waals surface area contributed by atoms with Gasteiger partial charge in [-0.05, 0) is 63.5 Å². The molecule has 8 heteroatoms. The molecule has 0 spiro atoms. The number of esters is 1. The normalized spacial score (nSPS) is 13.6. The molecule has 3 rings (SSSR count). The summed E-state index contributed by atoms with van der Waals surface area (Å²) in [4.78, 5) is 40.0. The van der Waals surface area contributed by atoms with Gasteiger partial charge in [-0.2, -0.15) is 0 Å². The van der Waals surface area contributed by atoms with Crippen molar-refractivity contribution in [1.29, 1.82) is 0 Å². The van der Waals surface area contributed by atoms with Crippen LogP contribution in [0.1, 0.15) is 29.3 Å². The Morgan fingerprint density at radius 3 is 2.45 bits per heavy atom. The second-order valence-corrected chi connectivity index (χ2v) is 8.08. The van der Waals surface area contributed by atoms with E-state index in [4.69, 9.17) is 4.74 Å². The van der Waals surface area contributed by atoms with Crippen LogP contribution in [0.15, 0.2) is 48.5 Å². The number of ether oxygens (including phenoxy) is 1. The number of fused-ring (bicyclic) bond motifs is 1. The summed E-state index contributed by atoms with van der Waals surface area (Å²) in [6.45, 7) is 3.60. The van der Waals surface area contributed by atoms with E-state index in [0.29, 0.717) is 29.9 Å². The van der Waals surface area contributed by atoms with Crippen LogP contribution >= 0.6 is 0 Å². The summed E-state index contributed by atoms with van der Waals surface area (Å²) in [5, 5.41) is 6.06. The first-order valence-electron chi connectivity index (χ1n) is 10.8. The first-order chi connectivity index (χ1) is 15.8. The van der Waals surface area contributed by atoms with Crippen LogP contribution in [0, 0.1) is 0 Å². The lowest BCUT2D eigenvalue weighted by molar-refractivity contribution is -0.116. The average Bonchev–Trinajstić information content (AvgIpc) is 3.10. The summed E-state index contributed by atoms with van der Waals surface area (Å²) in [6.07, 6.45) is 2.71. The average molecular weight is 451 g/mol. The molecular weight excluding hydrogens is 420 g/mol.